The molecule has 0 fully saturated rings. The molecule has 0 radical (unpaired) electrons. The van der Waals surface area contributed by atoms with Crippen molar-refractivity contribution in [2.75, 3.05) is 0 Å². The van der Waals surface area contributed by atoms with Gasteiger partial charge in [0.1, 0.15) is 0 Å². The lowest BCUT2D eigenvalue weighted by atomic mass is 10.1. The zero-order valence-electron chi connectivity index (χ0n) is 6.97. The van der Waals surface area contributed by atoms with Gasteiger partial charge in [-0.1, -0.05) is 28.1 Å². The topological polar surface area (TPSA) is 20.2 Å². The molecule has 1 atom stereocenters. The first kappa shape index (κ1) is 10.6. The molecule has 72 valence electrons. The van der Waals surface area contributed by atoms with Gasteiger partial charge >= 0.3 is 0 Å². The van der Waals surface area contributed by atoms with Crippen LogP contribution in [0.1, 0.15) is 30.6 Å². The van der Waals surface area contributed by atoms with Gasteiger partial charge in [0.15, 0.2) is 0 Å². The summed E-state index contributed by atoms with van der Waals surface area (Å²) in [5, 5.41) is 9.17. The number of aliphatic hydroxyl groups is 1. The standard InChI is InChI=1S/C9H9BrF2O/c1-5(13)6-2-3-7(9(11)12)8(10)4-6/h2-5,9,13H,1H3. The van der Waals surface area contributed by atoms with Crippen molar-refractivity contribution in [2.24, 2.45) is 0 Å². The Balaban J connectivity index is 3.06. The first-order chi connectivity index (χ1) is 6.02. The highest BCUT2D eigenvalue weighted by Gasteiger charge is 2.12. The summed E-state index contributed by atoms with van der Waals surface area (Å²) in [6, 6.07) is 4.32. The Labute approximate surface area is 83.5 Å². The molecule has 1 N–H and O–H groups in total. The van der Waals surface area contributed by atoms with E-state index in [0.717, 1.165) is 0 Å². The van der Waals surface area contributed by atoms with E-state index in [0.29, 0.717) is 10.0 Å². The third-order valence-corrected chi connectivity index (χ3v) is 2.43. The highest BCUT2D eigenvalue weighted by atomic mass is 79.9. The second kappa shape index (κ2) is 4.15. The first-order valence-electron chi connectivity index (χ1n) is 3.78. The molecule has 4 heteroatoms. The van der Waals surface area contributed by atoms with Crippen molar-refractivity contribution < 1.29 is 13.9 Å². The van der Waals surface area contributed by atoms with Crippen LogP contribution in [0.3, 0.4) is 0 Å². The molecule has 1 aromatic rings. The molecule has 1 rings (SSSR count). The Kier molecular flexibility index (Phi) is 3.39. The molecule has 0 heterocycles. The summed E-state index contributed by atoms with van der Waals surface area (Å²) in [5.41, 5.74) is 0.570. The van der Waals surface area contributed by atoms with E-state index in [9.17, 15) is 8.78 Å². The zero-order chi connectivity index (χ0) is 10.0. The number of aliphatic hydroxyl groups excluding tert-OH is 1. The molecule has 0 spiro atoms. The molecule has 0 aromatic heterocycles. The van der Waals surface area contributed by atoms with Crippen LogP contribution in [0.15, 0.2) is 22.7 Å². The fraction of sp³-hybridized carbons (Fsp3) is 0.333. The van der Waals surface area contributed by atoms with Crippen molar-refractivity contribution in [1.29, 1.82) is 0 Å². The van der Waals surface area contributed by atoms with E-state index in [2.05, 4.69) is 15.9 Å². The van der Waals surface area contributed by atoms with Crippen molar-refractivity contribution in [1.82, 2.24) is 0 Å². The molecule has 1 aromatic carbocycles. The van der Waals surface area contributed by atoms with Gasteiger partial charge in [-0.3, -0.25) is 0 Å². The number of halogens is 3. The molecular weight excluding hydrogens is 242 g/mol. The van der Waals surface area contributed by atoms with Crippen LogP contribution in [0.25, 0.3) is 0 Å². The Bertz CT molecular complexity index is 300. The van der Waals surface area contributed by atoms with Crippen molar-refractivity contribution >= 4 is 15.9 Å². The van der Waals surface area contributed by atoms with Crippen molar-refractivity contribution in [2.45, 2.75) is 19.5 Å². The van der Waals surface area contributed by atoms with E-state index in [1.165, 1.54) is 18.2 Å². The average Bonchev–Trinajstić information content (AvgIpc) is 2.03. The lowest BCUT2D eigenvalue weighted by Crippen LogP contribution is -1.93. The van der Waals surface area contributed by atoms with E-state index in [-0.39, 0.29) is 5.56 Å². The van der Waals surface area contributed by atoms with Crippen LogP contribution >= 0.6 is 15.9 Å². The van der Waals surface area contributed by atoms with Crippen LogP contribution in [-0.2, 0) is 0 Å². The second-order valence-electron chi connectivity index (χ2n) is 2.76. The summed E-state index contributed by atoms with van der Waals surface area (Å²) >= 11 is 3.02. The van der Waals surface area contributed by atoms with E-state index >= 15 is 0 Å². The fourth-order valence-corrected chi connectivity index (χ4v) is 1.55. The molecule has 1 nitrogen and oxygen atoms in total. The Morgan fingerprint density at radius 1 is 1.38 bits per heavy atom. The molecule has 0 saturated heterocycles. The van der Waals surface area contributed by atoms with Gasteiger partial charge in [0.2, 0.25) is 0 Å². The van der Waals surface area contributed by atoms with Crippen LogP contribution in [0.5, 0.6) is 0 Å². The lowest BCUT2D eigenvalue weighted by molar-refractivity contribution is 0.150. The highest BCUT2D eigenvalue weighted by molar-refractivity contribution is 9.10. The number of alkyl halides is 2. The normalized spacial score (nSPS) is 13.4. The van der Waals surface area contributed by atoms with E-state index in [1.54, 1.807) is 6.92 Å². The summed E-state index contributed by atoms with van der Waals surface area (Å²) in [4.78, 5) is 0. The first-order valence-corrected chi connectivity index (χ1v) is 4.57. The van der Waals surface area contributed by atoms with Crippen molar-refractivity contribution in [3.8, 4) is 0 Å². The van der Waals surface area contributed by atoms with Crippen molar-refractivity contribution in [3.63, 3.8) is 0 Å². The van der Waals surface area contributed by atoms with Gasteiger partial charge in [-0.2, -0.15) is 0 Å². The fourth-order valence-electron chi connectivity index (χ4n) is 0.980. The van der Waals surface area contributed by atoms with Crippen LogP contribution in [-0.4, -0.2) is 5.11 Å². The minimum absolute atomic E-state index is 0.0515. The predicted octanol–water partition coefficient (Wildman–Crippen LogP) is 3.44. The second-order valence-corrected chi connectivity index (χ2v) is 3.61. The number of benzene rings is 1. The van der Waals surface area contributed by atoms with E-state index in [4.69, 9.17) is 5.11 Å². The summed E-state index contributed by atoms with van der Waals surface area (Å²) in [5.74, 6) is 0. The SMILES string of the molecule is CC(O)c1ccc(C(F)F)c(Br)c1. The maximum atomic E-state index is 12.3. The Hall–Kier alpha value is -0.480. The van der Waals surface area contributed by atoms with Gasteiger partial charge in [0, 0.05) is 10.0 Å². The lowest BCUT2D eigenvalue weighted by Gasteiger charge is -2.08. The van der Waals surface area contributed by atoms with Crippen LogP contribution < -0.4 is 0 Å². The Morgan fingerprint density at radius 2 is 2.00 bits per heavy atom. The molecule has 0 bridgehead atoms. The maximum Gasteiger partial charge on any atom is 0.264 e. The molecule has 13 heavy (non-hydrogen) atoms. The number of hydrogen-bond acceptors (Lipinski definition) is 1. The summed E-state index contributed by atoms with van der Waals surface area (Å²) in [6.07, 6.45) is -3.12. The third-order valence-electron chi connectivity index (χ3n) is 1.74. The summed E-state index contributed by atoms with van der Waals surface area (Å²) in [6.45, 7) is 1.59. The predicted molar refractivity (Wildman–Crippen MR) is 49.7 cm³/mol. The van der Waals surface area contributed by atoms with Gasteiger partial charge in [-0.15, -0.1) is 0 Å². The molecule has 0 aliphatic rings. The maximum absolute atomic E-state index is 12.3. The van der Waals surface area contributed by atoms with Crippen LogP contribution in [0.4, 0.5) is 8.78 Å². The van der Waals surface area contributed by atoms with Gasteiger partial charge in [-0.25, -0.2) is 8.78 Å². The van der Waals surface area contributed by atoms with Gasteiger partial charge < -0.3 is 5.11 Å². The van der Waals surface area contributed by atoms with E-state index in [1.807, 2.05) is 0 Å². The molecule has 0 aliphatic carbocycles. The Morgan fingerprint density at radius 3 is 2.38 bits per heavy atom. The molecule has 0 amide bonds. The monoisotopic (exact) mass is 250 g/mol. The largest absolute Gasteiger partial charge is 0.389 e. The van der Waals surface area contributed by atoms with Crippen LogP contribution in [0.2, 0.25) is 0 Å². The van der Waals surface area contributed by atoms with Gasteiger partial charge in [-0.05, 0) is 18.6 Å². The van der Waals surface area contributed by atoms with E-state index < -0.39 is 12.5 Å². The van der Waals surface area contributed by atoms with Gasteiger partial charge in [0.25, 0.3) is 6.43 Å². The summed E-state index contributed by atoms with van der Waals surface area (Å²) < 4.78 is 24.9. The number of hydrogen-bond donors (Lipinski definition) is 1. The van der Waals surface area contributed by atoms with Crippen LogP contribution in [0, 0.1) is 0 Å². The smallest absolute Gasteiger partial charge is 0.264 e. The highest BCUT2D eigenvalue weighted by Crippen LogP contribution is 2.29. The minimum atomic E-state index is -2.49. The third kappa shape index (κ3) is 2.48. The van der Waals surface area contributed by atoms with Gasteiger partial charge in [0.05, 0.1) is 6.10 Å². The van der Waals surface area contributed by atoms with Crippen molar-refractivity contribution in [3.05, 3.63) is 33.8 Å². The minimum Gasteiger partial charge on any atom is -0.389 e. The average molecular weight is 251 g/mol. The molecular formula is C9H9BrF2O. The molecule has 1 unspecified atom stereocenters. The molecule has 0 aliphatic heterocycles. The summed E-state index contributed by atoms with van der Waals surface area (Å²) in [7, 11) is 0. The molecule has 0 saturated carbocycles. The zero-order valence-corrected chi connectivity index (χ0v) is 8.55. The quantitative estimate of drug-likeness (QED) is 0.853. The number of rotatable bonds is 2.